The molecule has 0 spiro atoms. The zero-order valence-electron chi connectivity index (χ0n) is 11.2. The predicted octanol–water partition coefficient (Wildman–Crippen LogP) is 3.30. The van der Waals surface area contributed by atoms with E-state index in [0.29, 0.717) is 0 Å². The van der Waals surface area contributed by atoms with Crippen LogP contribution in [0.1, 0.15) is 25.8 Å². The maximum absolute atomic E-state index is 13.9. The smallest absolute Gasteiger partial charge is 0.328 e. The van der Waals surface area contributed by atoms with Gasteiger partial charge in [0.1, 0.15) is 17.3 Å². The number of rotatable bonds is 5. The zero-order valence-corrected chi connectivity index (χ0v) is 11.2. The van der Waals surface area contributed by atoms with Crippen molar-refractivity contribution in [3.63, 3.8) is 0 Å². The number of nitrogens with zero attached hydrogens (tertiary/aromatic N) is 1. The zero-order chi connectivity index (χ0) is 14.6. The maximum Gasteiger partial charge on any atom is 0.328 e. The molecule has 5 heteroatoms. The molecule has 0 aliphatic carbocycles. The van der Waals surface area contributed by atoms with Gasteiger partial charge in [0.25, 0.3) is 0 Å². The van der Waals surface area contributed by atoms with E-state index < -0.39 is 17.6 Å². The highest BCUT2D eigenvalue weighted by atomic mass is 19.1. The molecule has 19 heavy (non-hydrogen) atoms. The lowest BCUT2D eigenvalue weighted by atomic mass is 10.1. The first-order chi connectivity index (χ1) is 8.86. The Balaban J connectivity index is 3.14. The first kappa shape index (κ1) is 15.1. The minimum atomic E-state index is -1.17. The second-order valence-corrected chi connectivity index (χ2v) is 4.37. The summed E-state index contributed by atoms with van der Waals surface area (Å²) < 4.78 is 27.8. The molecular weight excluding hydrogens is 252 g/mol. The minimum Gasteiger partial charge on any atom is -0.478 e. The van der Waals surface area contributed by atoms with E-state index >= 15 is 0 Å². The molecule has 0 bridgehead atoms. The van der Waals surface area contributed by atoms with Gasteiger partial charge in [0, 0.05) is 19.2 Å². The van der Waals surface area contributed by atoms with Crippen LogP contribution in [0.25, 0.3) is 6.08 Å². The Labute approximate surface area is 111 Å². The molecule has 104 valence electrons. The van der Waals surface area contributed by atoms with Gasteiger partial charge in [-0.3, -0.25) is 0 Å². The Morgan fingerprint density at radius 1 is 1.42 bits per heavy atom. The van der Waals surface area contributed by atoms with Crippen LogP contribution in [-0.2, 0) is 4.79 Å². The van der Waals surface area contributed by atoms with Crippen molar-refractivity contribution in [2.45, 2.75) is 26.3 Å². The molecule has 1 atom stereocenters. The molecule has 0 saturated carbocycles. The molecular formula is C14H17F2NO2. The van der Waals surface area contributed by atoms with Gasteiger partial charge in [-0.05, 0) is 37.1 Å². The monoisotopic (exact) mass is 269 g/mol. The lowest BCUT2D eigenvalue weighted by Crippen LogP contribution is -2.29. The van der Waals surface area contributed by atoms with E-state index in [-0.39, 0.29) is 17.3 Å². The summed E-state index contributed by atoms with van der Waals surface area (Å²) in [5.41, 5.74) is 0.0838. The molecule has 1 aromatic carbocycles. The van der Waals surface area contributed by atoms with Crippen LogP contribution in [0.2, 0.25) is 0 Å². The SMILES string of the molecule is CCC(C)N(C)c1c(F)cc(C=CC(=O)O)cc1F. The molecule has 1 rings (SSSR count). The van der Waals surface area contributed by atoms with Crippen molar-refractivity contribution in [1.29, 1.82) is 0 Å². The van der Waals surface area contributed by atoms with Gasteiger partial charge in [-0.15, -0.1) is 0 Å². The maximum atomic E-state index is 13.9. The number of benzene rings is 1. The minimum absolute atomic E-state index is 0.00408. The lowest BCUT2D eigenvalue weighted by Gasteiger charge is -2.27. The first-order valence-electron chi connectivity index (χ1n) is 5.99. The molecule has 0 aromatic heterocycles. The standard InChI is InChI=1S/C14H17F2NO2/c1-4-9(2)17(3)14-11(15)7-10(8-12(14)16)5-6-13(18)19/h5-9H,4H2,1-3H3,(H,18,19). The fourth-order valence-corrected chi connectivity index (χ4v) is 1.68. The fourth-order valence-electron chi connectivity index (χ4n) is 1.68. The van der Waals surface area contributed by atoms with E-state index in [9.17, 15) is 13.6 Å². The molecule has 1 aromatic rings. The van der Waals surface area contributed by atoms with Gasteiger partial charge >= 0.3 is 5.97 Å². The summed E-state index contributed by atoms with van der Waals surface area (Å²) in [7, 11) is 1.63. The molecule has 3 nitrogen and oxygen atoms in total. The molecule has 0 aliphatic rings. The quantitative estimate of drug-likeness (QED) is 0.834. The first-order valence-corrected chi connectivity index (χ1v) is 5.99. The lowest BCUT2D eigenvalue weighted by molar-refractivity contribution is -0.131. The highest BCUT2D eigenvalue weighted by Gasteiger charge is 2.18. The van der Waals surface area contributed by atoms with E-state index in [1.54, 1.807) is 7.05 Å². The van der Waals surface area contributed by atoms with Crippen molar-refractivity contribution < 1.29 is 18.7 Å². The summed E-state index contributed by atoms with van der Waals surface area (Å²) in [6, 6.07) is 2.25. The highest BCUT2D eigenvalue weighted by molar-refractivity contribution is 5.85. The average molecular weight is 269 g/mol. The molecule has 1 N–H and O–H groups in total. The third-order valence-electron chi connectivity index (χ3n) is 3.06. The van der Waals surface area contributed by atoms with E-state index in [1.807, 2.05) is 13.8 Å². The van der Waals surface area contributed by atoms with Crippen LogP contribution >= 0.6 is 0 Å². The summed E-state index contributed by atoms with van der Waals surface area (Å²) >= 11 is 0. The predicted molar refractivity (Wildman–Crippen MR) is 71.2 cm³/mol. The largest absolute Gasteiger partial charge is 0.478 e. The van der Waals surface area contributed by atoms with E-state index in [4.69, 9.17) is 5.11 Å². The van der Waals surface area contributed by atoms with Crippen LogP contribution in [0.3, 0.4) is 0 Å². The molecule has 0 heterocycles. The molecule has 1 unspecified atom stereocenters. The van der Waals surface area contributed by atoms with Crippen LogP contribution < -0.4 is 4.90 Å². The summed E-state index contributed by atoms with van der Waals surface area (Å²) in [6.45, 7) is 3.80. The van der Waals surface area contributed by atoms with Crippen molar-refractivity contribution in [3.05, 3.63) is 35.4 Å². The Hall–Kier alpha value is -1.91. The summed E-state index contributed by atoms with van der Waals surface area (Å²) in [6.07, 6.45) is 2.75. The molecule has 0 amide bonds. The van der Waals surface area contributed by atoms with Gasteiger partial charge in [-0.25, -0.2) is 13.6 Å². The fraction of sp³-hybridized carbons (Fsp3) is 0.357. The van der Waals surface area contributed by atoms with E-state index in [2.05, 4.69) is 0 Å². The molecule has 0 saturated heterocycles. The summed E-state index contributed by atoms with van der Waals surface area (Å²) in [5, 5.41) is 8.48. The van der Waals surface area contributed by atoms with Crippen LogP contribution in [0.4, 0.5) is 14.5 Å². The van der Waals surface area contributed by atoms with Crippen molar-refractivity contribution in [2.24, 2.45) is 0 Å². The van der Waals surface area contributed by atoms with Crippen molar-refractivity contribution in [2.75, 3.05) is 11.9 Å². The third kappa shape index (κ3) is 3.77. The molecule has 0 fully saturated rings. The second-order valence-electron chi connectivity index (χ2n) is 4.37. The normalized spacial score (nSPS) is 12.7. The topological polar surface area (TPSA) is 40.5 Å². The van der Waals surface area contributed by atoms with Gasteiger partial charge in [0.2, 0.25) is 0 Å². The number of carboxylic acids is 1. The average Bonchev–Trinajstić information content (AvgIpc) is 2.34. The van der Waals surface area contributed by atoms with Crippen molar-refractivity contribution >= 4 is 17.7 Å². The highest BCUT2D eigenvalue weighted by Crippen LogP contribution is 2.26. The number of aliphatic carboxylic acids is 1. The van der Waals surface area contributed by atoms with E-state index in [0.717, 1.165) is 30.7 Å². The summed E-state index contributed by atoms with van der Waals surface area (Å²) in [4.78, 5) is 11.9. The van der Waals surface area contributed by atoms with Gasteiger partial charge in [0.15, 0.2) is 0 Å². The van der Waals surface area contributed by atoms with Gasteiger partial charge in [-0.2, -0.15) is 0 Å². The van der Waals surface area contributed by atoms with Gasteiger partial charge in [-0.1, -0.05) is 6.92 Å². The number of anilines is 1. The van der Waals surface area contributed by atoms with Crippen LogP contribution in [0.15, 0.2) is 18.2 Å². The number of halogens is 2. The van der Waals surface area contributed by atoms with Gasteiger partial charge in [0.05, 0.1) is 0 Å². The number of carbonyl (C=O) groups is 1. The van der Waals surface area contributed by atoms with Gasteiger partial charge < -0.3 is 10.0 Å². The summed E-state index contributed by atoms with van der Waals surface area (Å²) in [5.74, 6) is -2.57. The van der Waals surface area contributed by atoms with Crippen LogP contribution in [0, 0.1) is 11.6 Å². The second kappa shape index (κ2) is 6.31. The third-order valence-corrected chi connectivity index (χ3v) is 3.06. The Morgan fingerprint density at radius 3 is 2.37 bits per heavy atom. The molecule has 0 radical (unpaired) electrons. The number of hydrogen-bond acceptors (Lipinski definition) is 2. The Morgan fingerprint density at radius 2 is 1.95 bits per heavy atom. The van der Waals surface area contributed by atoms with Crippen molar-refractivity contribution in [3.8, 4) is 0 Å². The van der Waals surface area contributed by atoms with Crippen LogP contribution in [0.5, 0.6) is 0 Å². The van der Waals surface area contributed by atoms with E-state index in [1.165, 1.54) is 4.90 Å². The number of carboxylic acid groups (broad SMARTS) is 1. The molecule has 0 aliphatic heterocycles. The van der Waals surface area contributed by atoms with Crippen molar-refractivity contribution in [1.82, 2.24) is 0 Å². The van der Waals surface area contributed by atoms with Crippen LogP contribution in [-0.4, -0.2) is 24.2 Å². The Bertz CT molecular complexity index is 477. The Kier molecular flexibility index (Phi) is 5.03. The number of hydrogen-bond donors (Lipinski definition) is 1.